The second-order valence-corrected chi connectivity index (χ2v) is 9.68. The standard InChI is InChI=1S/C26H21Br2NO5/c27-20-5-1-17(2-6-20)15-33-23-11-9-22(10-12-23)29-14-19(13-25(29)31)26(32)34-16-24(30)18-3-7-21(28)8-4-18/h1-12,19H,13-16H2/t19-/m0/s1. The lowest BCUT2D eigenvalue weighted by molar-refractivity contribution is -0.147. The Labute approximate surface area is 214 Å². The normalized spacial score (nSPS) is 15.3. The molecule has 0 bridgehead atoms. The van der Waals surface area contributed by atoms with Gasteiger partial charge < -0.3 is 14.4 Å². The molecule has 1 aliphatic heterocycles. The monoisotopic (exact) mass is 585 g/mol. The van der Waals surface area contributed by atoms with Crippen LogP contribution in [-0.4, -0.2) is 30.8 Å². The van der Waals surface area contributed by atoms with Gasteiger partial charge in [0.25, 0.3) is 0 Å². The summed E-state index contributed by atoms with van der Waals surface area (Å²) in [7, 11) is 0. The highest BCUT2D eigenvalue weighted by molar-refractivity contribution is 9.10. The van der Waals surface area contributed by atoms with Crippen LogP contribution in [0, 0.1) is 5.92 Å². The van der Waals surface area contributed by atoms with Gasteiger partial charge in [0.2, 0.25) is 5.91 Å². The maximum absolute atomic E-state index is 12.5. The number of ketones is 1. The van der Waals surface area contributed by atoms with Crippen LogP contribution in [-0.2, 0) is 20.9 Å². The number of benzene rings is 3. The molecule has 1 aliphatic rings. The Bertz CT molecular complexity index is 1180. The van der Waals surface area contributed by atoms with E-state index in [0.29, 0.717) is 23.6 Å². The minimum Gasteiger partial charge on any atom is -0.489 e. The van der Waals surface area contributed by atoms with Gasteiger partial charge >= 0.3 is 5.97 Å². The summed E-state index contributed by atoms with van der Waals surface area (Å²) >= 11 is 6.72. The molecule has 6 nitrogen and oxygen atoms in total. The van der Waals surface area contributed by atoms with Crippen LogP contribution in [0.5, 0.6) is 5.75 Å². The van der Waals surface area contributed by atoms with Gasteiger partial charge in [-0.3, -0.25) is 14.4 Å². The zero-order valence-corrected chi connectivity index (χ0v) is 21.3. The topological polar surface area (TPSA) is 72.9 Å². The van der Waals surface area contributed by atoms with Crippen molar-refractivity contribution in [2.24, 2.45) is 5.92 Å². The van der Waals surface area contributed by atoms with Crippen LogP contribution < -0.4 is 9.64 Å². The highest BCUT2D eigenvalue weighted by Crippen LogP contribution is 2.28. The Morgan fingerprint density at radius 1 is 0.882 bits per heavy atom. The van der Waals surface area contributed by atoms with Crippen LogP contribution in [0.1, 0.15) is 22.3 Å². The van der Waals surface area contributed by atoms with E-state index >= 15 is 0 Å². The Hall–Kier alpha value is -2.97. The number of rotatable bonds is 8. The molecule has 3 aromatic rings. The molecule has 0 saturated carbocycles. The Morgan fingerprint density at radius 3 is 2.15 bits per heavy atom. The maximum atomic E-state index is 12.5. The van der Waals surface area contributed by atoms with Crippen LogP contribution in [0.3, 0.4) is 0 Å². The lowest BCUT2D eigenvalue weighted by Crippen LogP contribution is -2.27. The molecule has 4 rings (SSSR count). The minimum absolute atomic E-state index is 0.0487. The molecule has 0 spiro atoms. The van der Waals surface area contributed by atoms with Gasteiger partial charge in [0.15, 0.2) is 12.4 Å². The summed E-state index contributed by atoms with van der Waals surface area (Å²) in [6.07, 6.45) is 0.0487. The van der Waals surface area contributed by atoms with E-state index in [2.05, 4.69) is 31.9 Å². The molecule has 8 heteroatoms. The van der Waals surface area contributed by atoms with Crippen LogP contribution in [0.15, 0.2) is 81.7 Å². The molecule has 1 fully saturated rings. The predicted molar refractivity (Wildman–Crippen MR) is 135 cm³/mol. The Balaban J connectivity index is 1.29. The third-order valence-electron chi connectivity index (χ3n) is 5.44. The Kier molecular flexibility index (Phi) is 7.80. The molecule has 1 saturated heterocycles. The van der Waals surface area contributed by atoms with E-state index in [4.69, 9.17) is 9.47 Å². The first-order chi connectivity index (χ1) is 16.4. The number of esters is 1. The van der Waals surface area contributed by atoms with Gasteiger partial charge in [-0.15, -0.1) is 0 Å². The summed E-state index contributed by atoms with van der Waals surface area (Å²) in [5.74, 6) is -0.930. The number of anilines is 1. The van der Waals surface area contributed by atoms with E-state index < -0.39 is 11.9 Å². The third-order valence-corrected chi connectivity index (χ3v) is 6.49. The van der Waals surface area contributed by atoms with Crippen LogP contribution in [0.25, 0.3) is 0 Å². The van der Waals surface area contributed by atoms with Gasteiger partial charge in [0, 0.05) is 33.2 Å². The van der Waals surface area contributed by atoms with Crippen molar-refractivity contribution in [3.05, 3.63) is 92.9 Å². The van der Waals surface area contributed by atoms with Gasteiger partial charge in [0.05, 0.1) is 5.92 Å². The SMILES string of the molecule is O=C(COC(=O)[C@H]1CC(=O)N(c2ccc(OCc3ccc(Br)cc3)cc2)C1)c1ccc(Br)cc1. The summed E-state index contributed by atoms with van der Waals surface area (Å²) in [5, 5.41) is 0. The first-order valence-corrected chi connectivity index (χ1v) is 12.2. The average molecular weight is 587 g/mol. The highest BCUT2D eigenvalue weighted by atomic mass is 79.9. The minimum atomic E-state index is -0.612. The quantitative estimate of drug-likeness (QED) is 0.255. The van der Waals surface area contributed by atoms with Crippen molar-refractivity contribution in [3.63, 3.8) is 0 Å². The lowest BCUT2D eigenvalue weighted by Gasteiger charge is -2.17. The van der Waals surface area contributed by atoms with E-state index in [1.54, 1.807) is 53.4 Å². The highest BCUT2D eigenvalue weighted by Gasteiger charge is 2.36. The smallest absolute Gasteiger partial charge is 0.311 e. The van der Waals surface area contributed by atoms with Crippen molar-refractivity contribution in [1.82, 2.24) is 0 Å². The molecular formula is C26H21Br2NO5. The fourth-order valence-electron chi connectivity index (χ4n) is 3.56. The van der Waals surface area contributed by atoms with E-state index in [0.717, 1.165) is 14.5 Å². The number of carbonyl (C=O) groups excluding carboxylic acids is 3. The number of ether oxygens (including phenoxy) is 2. The van der Waals surface area contributed by atoms with E-state index in [9.17, 15) is 14.4 Å². The second-order valence-electron chi connectivity index (χ2n) is 7.85. The number of carbonyl (C=O) groups is 3. The summed E-state index contributed by atoms with van der Waals surface area (Å²) < 4.78 is 12.9. The zero-order chi connectivity index (χ0) is 24.1. The Morgan fingerprint density at radius 2 is 1.50 bits per heavy atom. The summed E-state index contributed by atoms with van der Waals surface area (Å²) in [5.41, 5.74) is 2.19. The molecule has 0 aliphatic carbocycles. The average Bonchev–Trinajstić information content (AvgIpc) is 3.24. The molecule has 3 aromatic carbocycles. The number of Topliss-reactive ketones (excluding diaryl/α,β-unsaturated/α-hetero) is 1. The van der Waals surface area contributed by atoms with Crippen LogP contribution in [0.2, 0.25) is 0 Å². The van der Waals surface area contributed by atoms with Crippen LogP contribution >= 0.6 is 31.9 Å². The fraction of sp³-hybridized carbons (Fsp3) is 0.192. The van der Waals surface area contributed by atoms with E-state index in [-0.39, 0.29) is 31.3 Å². The molecule has 0 unspecified atom stereocenters. The summed E-state index contributed by atoms with van der Waals surface area (Å²) in [6.45, 7) is 0.293. The predicted octanol–water partition coefficient (Wildman–Crippen LogP) is 5.57. The fourth-order valence-corrected chi connectivity index (χ4v) is 4.09. The van der Waals surface area contributed by atoms with Crippen molar-refractivity contribution in [2.45, 2.75) is 13.0 Å². The first kappa shape index (κ1) is 24.2. The van der Waals surface area contributed by atoms with Gasteiger partial charge in [-0.1, -0.05) is 56.1 Å². The van der Waals surface area contributed by atoms with Crippen molar-refractivity contribution < 1.29 is 23.9 Å². The van der Waals surface area contributed by atoms with Crippen molar-refractivity contribution >= 4 is 55.2 Å². The molecule has 1 amide bonds. The second kappa shape index (κ2) is 11.0. The molecule has 1 atom stereocenters. The van der Waals surface area contributed by atoms with Gasteiger partial charge in [-0.2, -0.15) is 0 Å². The van der Waals surface area contributed by atoms with Gasteiger partial charge in [0.1, 0.15) is 12.4 Å². The number of nitrogens with zero attached hydrogens (tertiary/aromatic N) is 1. The van der Waals surface area contributed by atoms with Crippen molar-refractivity contribution in [2.75, 3.05) is 18.1 Å². The molecular weight excluding hydrogens is 566 g/mol. The molecule has 1 heterocycles. The van der Waals surface area contributed by atoms with Crippen molar-refractivity contribution in [1.29, 1.82) is 0 Å². The van der Waals surface area contributed by atoms with E-state index in [1.807, 2.05) is 24.3 Å². The third kappa shape index (κ3) is 6.12. The van der Waals surface area contributed by atoms with Crippen LogP contribution in [0.4, 0.5) is 5.69 Å². The molecule has 0 aromatic heterocycles. The first-order valence-electron chi connectivity index (χ1n) is 10.6. The number of amides is 1. The van der Waals surface area contributed by atoms with Gasteiger partial charge in [-0.25, -0.2) is 0 Å². The number of halogens is 2. The lowest BCUT2D eigenvalue weighted by atomic mass is 10.1. The maximum Gasteiger partial charge on any atom is 0.311 e. The van der Waals surface area contributed by atoms with Crippen molar-refractivity contribution in [3.8, 4) is 5.75 Å². The zero-order valence-electron chi connectivity index (χ0n) is 18.1. The van der Waals surface area contributed by atoms with Gasteiger partial charge in [-0.05, 0) is 54.1 Å². The molecule has 0 N–H and O–H groups in total. The number of hydrogen-bond donors (Lipinski definition) is 0. The molecule has 0 radical (unpaired) electrons. The molecule has 34 heavy (non-hydrogen) atoms. The largest absolute Gasteiger partial charge is 0.489 e. The summed E-state index contributed by atoms with van der Waals surface area (Å²) in [6, 6.07) is 21.9. The van der Waals surface area contributed by atoms with E-state index in [1.165, 1.54) is 0 Å². The molecule has 174 valence electrons. The number of hydrogen-bond acceptors (Lipinski definition) is 5. The summed E-state index contributed by atoms with van der Waals surface area (Å²) in [4.78, 5) is 38.8.